The predicted octanol–water partition coefficient (Wildman–Crippen LogP) is 3.89. The first-order valence-corrected chi connectivity index (χ1v) is 10.3. The highest BCUT2D eigenvalue weighted by Gasteiger charge is 2.23. The lowest BCUT2D eigenvalue weighted by atomic mass is 10.1. The molecule has 0 spiro atoms. The van der Waals surface area contributed by atoms with E-state index in [4.69, 9.17) is 28.9 Å². The van der Waals surface area contributed by atoms with Gasteiger partial charge >= 0.3 is 5.95 Å². The van der Waals surface area contributed by atoms with E-state index in [1.807, 2.05) is 22.8 Å². The summed E-state index contributed by atoms with van der Waals surface area (Å²) in [4.78, 5) is 2.36. The number of likely N-dealkylation sites (N-methyl/N-ethyl adjacent to an activating group) is 1. The third kappa shape index (κ3) is 4.28. The van der Waals surface area contributed by atoms with Gasteiger partial charge in [0.1, 0.15) is 23.7 Å². The third-order valence-corrected chi connectivity index (χ3v) is 5.97. The molecular weight excluding hydrogens is 395 g/mol. The molecule has 150 valence electrons. The minimum atomic E-state index is -0.746. The number of imidazole rings is 1. The number of para-hydroxylation sites is 2. The largest absolute Gasteiger partial charge is 0.385 e. The molecule has 0 unspecified atom stereocenters. The molecule has 3 rings (SSSR count). The van der Waals surface area contributed by atoms with Crippen LogP contribution in [0.3, 0.4) is 0 Å². The van der Waals surface area contributed by atoms with Gasteiger partial charge in [0.2, 0.25) is 0 Å². The van der Waals surface area contributed by atoms with E-state index in [1.54, 1.807) is 18.2 Å². The Bertz CT molecular complexity index is 953. The number of rotatable bonds is 8. The van der Waals surface area contributed by atoms with Crippen LogP contribution >= 0.6 is 23.2 Å². The van der Waals surface area contributed by atoms with Gasteiger partial charge in [0, 0.05) is 6.54 Å². The molecule has 0 amide bonds. The molecule has 1 aromatic heterocycles. The van der Waals surface area contributed by atoms with Crippen molar-refractivity contribution in [3.05, 3.63) is 58.1 Å². The van der Waals surface area contributed by atoms with Gasteiger partial charge in [0.15, 0.2) is 0 Å². The quantitative estimate of drug-likeness (QED) is 0.542. The summed E-state index contributed by atoms with van der Waals surface area (Å²) >= 11 is 12.1. The molecule has 0 saturated carbocycles. The van der Waals surface area contributed by atoms with Gasteiger partial charge in [0.25, 0.3) is 0 Å². The zero-order valence-corrected chi connectivity index (χ0v) is 17.8. The highest BCUT2D eigenvalue weighted by molar-refractivity contribution is 6.42. The van der Waals surface area contributed by atoms with Crippen molar-refractivity contribution in [2.75, 3.05) is 25.4 Å². The summed E-state index contributed by atoms with van der Waals surface area (Å²) in [7, 11) is 0. The van der Waals surface area contributed by atoms with Crippen LogP contribution in [0.5, 0.6) is 0 Å². The van der Waals surface area contributed by atoms with Crippen LogP contribution in [0, 0.1) is 0 Å². The molecule has 0 aliphatic rings. The molecule has 3 aromatic rings. The Balaban J connectivity index is 1.92. The number of hydrogen-bond donors (Lipinski definition) is 2. The van der Waals surface area contributed by atoms with Crippen molar-refractivity contribution in [3.63, 3.8) is 0 Å². The van der Waals surface area contributed by atoms with E-state index in [2.05, 4.69) is 29.4 Å². The van der Waals surface area contributed by atoms with Gasteiger partial charge in [0.05, 0.1) is 16.6 Å². The maximum Gasteiger partial charge on any atom is 0.356 e. The van der Waals surface area contributed by atoms with Crippen molar-refractivity contribution in [2.45, 2.75) is 33.0 Å². The van der Waals surface area contributed by atoms with Crippen LogP contribution in [-0.2, 0) is 13.1 Å². The second-order valence-electron chi connectivity index (χ2n) is 6.83. The van der Waals surface area contributed by atoms with E-state index < -0.39 is 6.10 Å². The first-order valence-electron chi connectivity index (χ1n) is 9.58. The molecule has 1 atom stereocenters. The van der Waals surface area contributed by atoms with E-state index in [-0.39, 0.29) is 0 Å². The maximum absolute atomic E-state index is 10.8. The lowest BCUT2D eigenvalue weighted by molar-refractivity contribution is -0.666. The second-order valence-corrected chi connectivity index (χ2v) is 7.64. The fourth-order valence-electron chi connectivity index (χ4n) is 3.52. The highest BCUT2D eigenvalue weighted by atomic mass is 35.5. The summed E-state index contributed by atoms with van der Waals surface area (Å²) in [5.41, 5.74) is 9.29. The van der Waals surface area contributed by atoms with Crippen molar-refractivity contribution in [2.24, 2.45) is 0 Å². The fraction of sp³-hybridized carbons (Fsp3) is 0.381. The van der Waals surface area contributed by atoms with Crippen LogP contribution in [0.25, 0.3) is 11.0 Å². The van der Waals surface area contributed by atoms with Crippen molar-refractivity contribution in [1.29, 1.82) is 0 Å². The van der Waals surface area contributed by atoms with E-state index in [0.717, 1.165) is 37.2 Å². The molecular formula is C21H27Cl2N4O+. The van der Waals surface area contributed by atoms with Gasteiger partial charge < -0.3 is 10.0 Å². The van der Waals surface area contributed by atoms with Crippen molar-refractivity contribution < 1.29 is 9.67 Å². The number of nitrogen functional groups attached to an aromatic ring is 1. The van der Waals surface area contributed by atoms with Gasteiger partial charge in [-0.15, -0.1) is 0 Å². The van der Waals surface area contributed by atoms with E-state index in [0.29, 0.717) is 28.1 Å². The van der Waals surface area contributed by atoms with Crippen molar-refractivity contribution in [1.82, 2.24) is 9.47 Å². The van der Waals surface area contributed by atoms with Crippen molar-refractivity contribution in [3.8, 4) is 0 Å². The number of fused-ring (bicyclic) bond motifs is 1. The number of nitrogens with zero attached hydrogens (tertiary/aromatic N) is 3. The average Bonchev–Trinajstić information content (AvgIpc) is 2.96. The van der Waals surface area contributed by atoms with Crippen LogP contribution in [0.1, 0.15) is 25.5 Å². The number of halogens is 2. The number of aliphatic hydroxyl groups excluding tert-OH is 1. The minimum Gasteiger partial charge on any atom is -0.385 e. The smallest absolute Gasteiger partial charge is 0.356 e. The number of aromatic nitrogens is 2. The molecule has 5 nitrogen and oxygen atoms in total. The topological polar surface area (TPSA) is 58.3 Å². The summed E-state index contributed by atoms with van der Waals surface area (Å²) in [5.74, 6) is 0.632. The van der Waals surface area contributed by atoms with Crippen LogP contribution in [0.2, 0.25) is 10.0 Å². The zero-order chi connectivity index (χ0) is 20.3. The Hall–Kier alpha value is -1.79. The summed E-state index contributed by atoms with van der Waals surface area (Å²) in [6.07, 6.45) is -0.746. The number of benzene rings is 2. The second kappa shape index (κ2) is 9.14. The monoisotopic (exact) mass is 421 g/mol. The SMILES string of the molecule is CCN(CC)CCn1c(N)[n+](C[C@@H](O)c2ccc(Cl)c(Cl)c2)c2ccccc21. The number of nitrogens with two attached hydrogens (primary N) is 1. The highest BCUT2D eigenvalue weighted by Crippen LogP contribution is 2.26. The number of hydrogen-bond acceptors (Lipinski definition) is 3. The molecule has 2 aromatic carbocycles. The fourth-order valence-corrected chi connectivity index (χ4v) is 3.83. The zero-order valence-electron chi connectivity index (χ0n) is 16.3. The van der Waals surface area contributed by atoms with E-state index in [1.165, 1.54) is 0 Å². The molecule has 0 radical (unpaired) electrons. The number of aliphatic hydroxyl groups is 1. The number of anilines is 1. The van der Waals surface area contributed by atoms with Gasteiger partial charge in [-0.2, -0.15) is 0 Å². The average molecular weight is 422 g/mol. The molecule has 28 heavy (non-hydrogen) atoms. The van der Waals surface area contributed by atoms with E-state index >= 15 is 0 Å². The third-order valence-electron chi connectivity index (χ3n) is 5.23. The first kappa shape index (κ1) is 20.9. The molecule has 7 heteroatoms. The molecule has 0 fully saturated rings. The standard InChI is InChI=1S/C21H26Cl2N4O/c1-3-25(4-2)11-12-26-18-7-5-6-8-19(18)27(21(26)24)14-20(28)15-9-10-16(22)17(23)13-15/h5-10,13,20,24,28H,3-4,11-12,14H2,1-2H3/p+1/t20-/m1/s1. The molecule has 0 aliphatic carbocycles. The Kier molecular flexibility index (Phi) is 6.83. The lowest BCUT2D eigenvalue weighted by Crippen LogP contribution is -2.39. The Morgan fingerprint density at radius 3 is 2.50 bits per heavy atom. The van der Waals surface area contributed by atoms with Crippen LogP contribution in [-0.4, -0.2) is 34.2 Å². The summed E-state index contributed by atoms with van der Waals surface area (Å²) in [5, 5.41) is 11.7. The lowest BCUT2D eigenvalue weighted by Gasteiger charge is -2.17. The van der Waals surface area contributed by atoms with Crippen molar-refractivity contribution >= 4 is 40.2 Å². The maximum atomic E-state index is 10.8. The molecule has 0 aliphatic heterocycles. The van der Waals surface area contributed by atoms with Gasteiger partial charge in [-0.05, 0) is 42.9 Å². The van der Waals surface area contributed by atoms with Gasteiger partial charge in [-0.3, -0.25) is 5.73 Å². The predicted molar refractivity (Wildman–Crippen MR) is 116 cm³/mol. The molecule has 3 N–H and O–H groups in total. The Morgan fingerprint density at radius 2 is 1.82 bits per heavy atom. The van der Waals surface area contributed by atoms with Crippen LogP contribution < -0.4 is 10.3 Å². The van der Waals surface area contributed by atoms with E-state index in [9.17, 15) is 5.11 Å². The van der Waals surface area contributed by atoms with Crippen LogP contribution in [0.15, 0.2) is 42.5 Å². The van der Waals surface area contributed by atoms with Gasteiger partial charge in [-0.1, -0.05) is 55.2 Å². The Labute approximate surface area is 175 Å². The van der Waals surface area contributed by atoms with Gasteiger partial charge in [-0.25, -0.2) is 9.13 Å². The summed E-state index contributed by atoms with van der Waals surface area (Å²) in [6, 6.07) is 13.3. The summed E-state index contributed by atoms with van der Waals surface area (Å²) < 4.78 is 4.08. The molecule has 0 bridgehead atoms. The summed E-state index contributed by atoms with van der Waals surface area (Å²) in [6.45, 7) is 8.39. The minimum absolute atomic E-state index is 0.336. The van der Waals surface area contributed by atoms with Crippen LogP contribution in [0.4, 0.5) is 5.95 Å². The molecule has 0 saturated heterocycles. The normalized spacial score (nSPS) is 12.8. The first-order chi connectivity index (χ1) is 13.5. The molecule has 1 heterocycles. The Morgan fingerprint density at radius 1 is 1.11 bits per heavy atom.